The van der Waals surface area contributed by atoms with E-state index in [-0.39, 0.29) is 17.6 Å². The van der Waals surface area contributed by atoms with Crippen LogP contribution >= 0.6 is 0 Å². The third-order valence-electron chi connectivity index (χ3n) is 2.92. The lowest BCUT2D eigenvalue weighted by Crippen LogP contribution is -2.40. The van der Waals surface area contributed by atoms with Crippen LogP contribution in [0.25, 0.3) is 0 Å². The Hall–Kier alpha value is -2.30. The smallest absolute Gasteiger partial charge is 0.335 e. The van der Waals surface area contributed by atoms with Gasteiger partial charge >= 0.3 is 12.0 Å². The summed E-state index contributed by atoms with van der Waals surface area (Å²) in [5.41, 5.74) is 1.52. The number of rotatable bonds is 5. The maximum absolute atomic E-state index is 12.2. The lowest BCUT2D eigenvalue weighted by atomic mass is 10.1. The molecule has 0 spiro atoms. The van der Waals surface area contributed by atoms with E-state index in [9.17, 15) is 9.59 Å². The second-order valence-corrected chi connectivity index (χ2v) is 4.80. The highest BCUT2D eigenvalue weighted by Gasteiger charge is 2.16. The van der Waals surface area contributed by atoms with Crippen LogP contribution < -0.4 is 5.32 Å². The van der Waals surface area contributed by atoms with Gasteiger partial charge < -0.3 is 15.3 Å². The Morgan fingerprint density at radius 3 is 2.55 bits per heavy atom. The molecule has 0 aliphatic carbocycles. The average Bonchev–Trinajstić information content (AvgIpc) is 2.37. The molecule has 0 aliphatic heterocycles. The lowest BCUT2D eigenvalue weighted by molar-refractivity contribution is 0.0697. The normalized spacial score (nSPS) is 10.2. The maximum atomic E-state index is 12.2. The number of carbonyl (C=O) groups is 2. The number of nitrogens with one attached hydrogen (secondary N) is 1. The molecule has 0 radical (unpaired) electrons. The van der Waals surface area contributed by atoms with E-state index in [2.05, 4.69) is 11.9 Å². The lowest BCUT2D eigenvalue weighted by Gasteiger charge is -2.26. The quantitative estimate of drug-likeness (QED) is 0.812. The summed E-state index contributed by atoms with van der Waals surface area (Å²) >= 11 is 0. The fourth-order valence-corrected chi connectivity index (χ4v) is 1.79. The molecule has 2 amide bonds. The van der Waals surface area contributed by atoms with Crippen molar-refractivity contribution >= 4 is 17.7 Å². The van der Waals surface area contributed by atoms with Crippen molar-refractivity contribution in [3.8, 4) is 0 Å². The molecule has 20 heavy (non-hydrogen) atoms. The van der Waals surface area contributed by atoms with Gasteiger partial charge in [0, 0.05) is 18.3 Å². The van der Waals surface area contributed by atoms with Crippen molar-refractivity contribution in [3.05, 3.63) is 42.0 Å². The van der Waals surface area contributed by atoms with Crippen LogP contribution in [0, 0.1) is 6.92 Å². The first-order valence-corrected chi connectivity index (χ1v) is 6.39. The van der Waals surface area contributed by atoms with Crippen LogP contribution in [0.4, 0.5) is 10.5 Å². The number of anilines is 1. The summed E-state index contributed by atoms with van der Waals surface area (Å²) in [4.78, 5) is 24.7. The average molecular weight is 276 g/mol. The number of aryl methyl sites for hydroxylation is 1. The third-order valence-corrected chi connectivity index (χ3v) is 2.92. The Labute approximate surface area is 118 Å². The molecule has 0 heterocycles. The molecule has 5 nitrogen and oxygen atoms in total. The molecular weight excluding hydrogens is 256 g/mol. The van der Waals surface area contributed by atoms with Gasteiger partial charge in [-0.1, -0.05) is 6.08 Å². The fraction of sp³-hybridized carbons (Fsp3) is 0.333. The standard InChI is InChI=1S/C15H20N2O3/c1-5-8-17(10(2)3)15(20)16-13-7-6-12(14(18)19)9-11(13)4/h5-7,9-10H,1,8H2,2-4H3,(H,16,20)(H,18,19). The Balaban J connectivity index is 2.89. The molecule has 5 heteroatoms. The molecule has 0 fully saturated rings. The van der Waals surface area contributed by atoms with Gasteiger partial charge in [-0.3, -0.25) is 0 Å². The zero-order chi connectivity index (χ0) is 15.3. The number of benzene rings is 1. The van der Waals surface area contributed by atoms with Gasteiger partial charge in [0.1, 0.15) is 0 Å². The summed E-state index contributed by atoms with van der Waals surface area (Å²) in [6.07, 6.45) is 1.67. The van der Waals surface area contributed by atoms with E-state index in [1.807, 2.05) is 13.8 Å². The molecule has 0 saturated carbocycles. The van der Waals surface area contributed by atoms with Crippen LogP contribution in [0.2, 0.25) is 0 Å². The molecule has 1 rings (SSSR count). The Morgan fingerprint density at radius 1 is 1.45 bits per heavy atom. The molecule has 1 aromatic carbocycles. The Kier molecular flexibility index (Phi) is 5.32. The fourth-order valence-electron chi connectivity index (χ4n) is 1.79. The first-order valence-electron chi connectivity index (χ1n) is 6.39. The zero-order valence-corrected chi connectivity index (χ0v) is 12.0. The highest BCUT2D eigenvalue weighted by atomic mass is 16.4. The molecule has 2 N–H and O–H groups in total. The molecule has 0 aromatic heterocycles. The summed E-state index contributed by atoms with van der Waals surface area (Å²) in [6.45, 7) is 9.69. The molecule has 1 aromatic rings. The Bertz CT molecular complexity index is 524. The summed E-state index contributed by atoms with van der Waals surface area (Å²) < 4.78 is 0. The van der Waals surface area contributed by atoms with Crippen molar-refractivity contribution in [1.82, 2.24) is 4.90 Å². The largest absolute Gasteiger partial charge is 0.478 e. The van der Waals surface area contributed by atoms with E-state index in [1.165, 1.54) is 12.1 Å². The van der Waals surface area contributed by atoms with Crippen LogP contribution in [-0.2, 0) is 0 Å². The molecule has 108 valence electrons. The number of hydrogen-bond acceptors (Lipinski definition) is 2. The minimum Gasteiger partial charge on any atom is -0.478 e. The summed E-state index contributed by atoms with van der Waals surface area (Å²) in [7, 11) is 0. The molecule has 0 aliphatic rings. The maximum Gasteiger partial charge on any atom is 0.335 e. The van der Waals surface area contributed by atoms with Crippen molar-refractivity contribution < 1.29 is 14.7 Å². The molecular formula is C15H20N2O3. The van der Waals surface area contributed by atoms with Crippen LogP contribution in [0.5, 0.6) is 0 Å². The number of carboxylic acid groups (broad SMARTS) is 1. The number of carbonyl (C=O) groups excluding carboxylic acids is 1. The molecule has 0 atom stereocenters. The Morgan fingerprint density at radius 2 is 2.10 bits per heavy atom. The van der Waals surface area contributed by atoms with Crippen molar-refractivity contribution in [2.45, 2.75) is 26.8 Å². The van der Waals surface area contributed by atoms with Gasteiger partial charge in [0.05, 0.1) is 5.56 Å². The second kappa shape index (κ2) is 6.75. The topological polar surface area (TPSA) is 69.6 Å². The van der Waals surface area contributed by atoms with Crippen LogP contribution in [-0.4, -0.2) is 34.6 Å². The summed E-state index contributed by atoms with van der Waals surface area (Å²) in [6, 6.07) is 4.42. The molecule has 0 unspecified atom stereocenters. The third kappa shape index (κ3) is 3.85. The number of urea groups is 1. The van der Waals surface area contributed by atoms with E-state index < -0.39 is 5.97 Å². The van der Waals surface area contributed by atoms with Gasteiger partial charge in [0.15, 0.2) is 0 Å². The van der Waals surface area contributed by atoms with E-state index in [4.69, 9.17) is 5.11 Å². The molecule has 0 bridgehead atoms. The van der Waals surface area contributed by atoms with E-state index in [1.54, 1.807) is 24.0 Å². The van der Waals surface area contributed by atoms with Gasteiger partial charge in [-0.25, -0.2) is 9.59 Å². The first kappa shape index (κ1) is 15.8. The van der Waals surface area contributed by atoms with Gasteiger partial charge in [0.25, 0.3) is 0 Å². The number of carboxylic acids is 1. The van der Waals surface area contributed by atoms with Crippen molar-refractivity contribution in [2.75, 3.05) is 11.9 Å². The van der Waals surface area contributed by atoms with Crippen molar-refractivity contribution in [2.24, 2.45) is 0 Å². The zero-order valence-electron chi connectivity index (χ0n) is 12.0. The van der Waals surface area contributed by atoms with Gasteiger partial charge in [-0.2, -0.15) is 0 Å². The van der Waals surface area contributed by atoms with E-state index >= 15 is 0 Å². The number of amides is 2. The highest BCUT2D eigenvalue weighted by molar-refractivity contribution is 5.92. The van der Waals surface area contributed by atoms with Crippen LogP contribution in [0.3, 0.4) is 0 Å². The highest BCUT2D eigenvalue weighted by Crippen LogP contribution is 2.17. The first-order chi connectivity index (χ1) is 9.36. The number of aromatic carboxylic acids is 1. The van der Waals surface area contributed by atoms with Gasteiger partial charge in [-0.05, 0) is 44.5 Å². The van der Waals surface area contributed by atoms with Crippen LogP contribution in [0.15, 0.2) is 30.9 Å². The summed E-state index contributed by atoms with van der Waals surface area (Å²) in [5, 5.41) is 11.7. The second-order valence-electron chi connectivity index (χ2n) is 4.80. The van der Waals surface area contributed by atoms with Crippen molar-refractivity contribution in [3.63, 3.8) is 0 Å². The van der Waals surface area contributed by atoms with E-state index in [0.717, 1.165) is 0 Å². The van der Waals surface area contributed by atoms with E-state index in [0.29, 0.717) is 17.8 Å². The van der Waals surface area contributed by atoms with Crippen molar-refractivity contribution in [1.29, 1.82) is 0 Å². The van der Waals surface area contributed by atoms with Crippen LogP contribution in [0.1, 0.15) is 29.8 Å². The predicted molar refractivity (Wildman–Crippen MR) is 79.2 cm³/mol. The monoisotopic (exact) mass is 276 g/mol. The minimum atomic E-state index is -0.985. The SMILES string of the molecule is C=CCN(C(=O)Nc1ccc(C(=O)O)cc1C)C(C)C. The predicted octanol–water partition coefficient (Wildman–Crippen LogP) is 3.12. The van der Waals surface area contributed by atoms with Gasteiger partial charge in [-0.15, -0.1) is 6.58 Å². The molecule has 0 saturated heterocycles. The summed E-state index contributed by atoms with van der Waals surface area (Å²) in [5.74, 6) is -0.985. The number of nitrogens with zero attached hydrogens (tertiary/aromatic N) is 1. The van der Waals surface area contributed by atoms with Gasteiger partial charge in [0.2, 0.25) is 0 Å². The minimum absolute atomic E-state index is 0.0478. The number of hydrogen-bond donors (Lipinski definition) is 2.